The van der Waals surface area contributed by atoms with Crippen LogP contribution in [-0.2, 0) is 9.53 Å². The molecule has 2 unspecified atom stereocenters. The van der Waals surface area contributed by atoms with Crippen molar-refractivity contribution >= 4 is 5.91 Å². The lowest BCUT2D eigenvalue weighted by atomic mass is 9.91. The van der Waals surface area contributed by atoms with Gasteiger partial charge in [-0.1, -0.05) is 12.1 Å². The zero-order chi connectivity index (χ0) is 15.7. The van der Waals surface area contributed by atoms with Crippen molar-refractivity contribution in [3.05, 3.63) is 28.8 Å². The second-order valence-electron chi connectivity index (χ2n) is 6.27. The molecule has 2 aliphatic heterocycles. The van der Waals surface area contributed by atoms with E-state index in [1.807, 2.05) is 13.0 Å². The Morgan fingerprint density at radius 1 is 1.32 bits per heavy atom. The van der Waals surface area contributed by atoms with Crippen LogP contribution in [0.2, 0.25) is 0 Å². The Hall–Kier alpha value is -1.59. The molecule has 0 aromatic heterocycles. The van der Waals surface area contributed by atoms with E-state index >= 15 is 0 Å². The molecule has 0 bridgehead atoms. The molecule has 1 aromatic carbocycles. The van der Waals surface area contributed by atoms with Gasteiger partial charge >= 0.3 is 0 Å². The van der Waals surface area contributed by atoms with Crippen LogP contribution in [0.1, 0.15) is 35.6 Å². The highest BCUT2D eigenvalue weighted by molar-refractivity contribution is 5.82. The summed E-state index contributed by atoms with van der Waals surface area (Å²) in [4.78, 5) is 12.4. The molecule has 2 aliphatic rings. The van der Waals surface area contributed by atoms with E-state index < -0.39 is 6.04 Å². The molecule has 3 N–H and O–H groups in total. The molecule has 2 atom stereocenters. The van der Waals surface area contributed by atoms with Gasteiger partial charge in [-0.25, -0.2) is 0 Å². The van der Waals surface area contributed by atoms with Crippen LogP contribution in [0.3, 0.4) is 0 Å². The van der Waals surface area contributed by atoms with Crippen LogP contribution in [0.4, 0.5) is 0 Å². The zero-order valence-electron chi connectivity index (χ0n) is 13.2. The minimum atomic E-state index is -0.473. The van der Waals surface area contributed by atoms with Gasteiger partial charge in [-0.15, -0.1) is 0 Å². The number of rotatable bonds is 3. The number of fused-ring (bicyclic) bond motifs is 1. The lowest BCUT2D eigenvalue weighted by molar-refractivity contribution is -0.125. The summed E-state index contributed by atoms with van der Waals surface area (Å²) in [5.74, 6) is 1.02. The maximum atomic E-state index is 12.4. The Bertz CT molecular complexity index is 567. The Kier molecular flexibility index (Phi) is 4.36. The lowest BCUT2D eigenvalue weighted by Crippen LogP contribution is -2.48. The summed E-state index contributed by atoms with van der Waals surface area (Å²) in [7, 11) is 0. The molecule has 1 saturated heterocycles. The van der Waals surface area contributed by atoms with E-state index in [-0.39, 0.29) is 17.9 Å². The lowest BCUT2D eigenvalue weighted by Gasteiger charge is -2.27. The Balaban J connectivity index is 1.67. The van der Waals surface area contributed by atoms with E-state index in [1.165, 1.54) is 5.56 Å². The monoisotopic (exact) mass is 304 g/mol. The molecule has 0 radical (unpaired) electrons. The molecule has 0 aliphatic carbocycles. The van der Waals surface area contributed by atoms with Gasteiger partial charge in [-0.05, 0) is 43.7 Å². The predicted octanol–water partition coefficient (Wildman–Crippen LogP) is 1.61. The second-order valence-corrected chi connectivity index (χ2v) is 6.27. The third-order valence-corrected chi connectivity index (χ3v) is 4.87. The van der Waals surface area contributed by atoms with E-state index in [2.05, 4.69) is 18.3 Å². The van der Waals surface area contributed by atoms with Crippen LogP contribution >= 0.6 is 0 Å². The zero-order valence-corrected chi connectivity index (χ0v) is 13.2. The summed E-state index contributed by atoms with van der Waals surface area (Å²) in [5.41, 5.74) is 9.53. The van der Waals surface area contributed by atoms with Crippen LogP contribution in [0.5, 0.6) is 5.75 Å². The van der Waals surface area contributed by atoms with Crippen LogP contribution in [0, 0.1) is 19.8 Å². The van der Waals surface area contributed by atoms with E-state index in [4.69, 9.17) is 15.2 Å². The van der Waals surface area contributed by atoms with Gasteiger partial charge in [0.2, 0.25) is 5.91 Å². The average Bonchev–Trinajstić information content (AvgIpc) is 2.94. The minimum absolute atomic E-state index is 0.0911. The first-order valence-electron chi connectivity index (χ1n) is 7.94. The molecule has 1 amide bonds. The molecule has 2 heterocycles. The van der Waals surface area contributed by atoms with Gasteiger partial charge in [0.25, 0.3) is 0 Å². The maximum absolute atomic E-state index is 12.4. The number of nitrogens with two attached hydrogens (primary N) is 1. The van der Waals surface area contributed by atoms with Crippen molar-refractivity contribution in [1.29, 1.82) is 0 Å². The first kappa shape index (κ1) is 15.3. The van der Waals surface area contributed by atoms with E-state index in [9.17, 15) is 4.79 Å². The molecule has 5 heteroatoms. The molecule has 120 valence electrons. The fraction of sp³-hybridized carbons (Fsp3) is 0.588. The van der Waals surface area contributed by atoms with Gasteiger partial charge in [0, 0.05) is 18.8 Å². The standard InChI is InChI=1S/C17H24N2O3/c1-10-3-4-13-14(9-22-16(13)11(10)2)19-17(20)15(18)12-5-7-21-8-6-12/h3-4,12,14-15H,5-9,18H2,1-2H3,(H,19,20). The molecule has 1 aromatic rings. The molecule has 0 spiro atoms. The van der Waals surface area contributed by atoms with Gasteiger partial charge < -0.3 is 20.5 Å². The van der Waals surface area contributed by atoms with Gasteiger partial charge in [0.05, 0.1) is 12.1 Å². The van der Waals surface area contributed by atoms with Crippen LogP contribution in [0.15, 0.2) is 12.1 Å². The SMILES string of the molecule is Cc1ccc2c(c1C)OCC2NC(=O)C(N)C1CCOCC1. The fourth-order valence-electron chi connectivity index (χ4n) is 3.21. The fourth-order valence-corrected chi connectivity index (χ4v) is 3.21. The van der Waals surface area contributed by atoms with Gasteiger partial charge in [-0.2, -0.15) is 0 Å². The highest BCUT2D eigenvalue weighted by Gasteiger charge is 2.32. The van der Waals surface area contributed by atoms with E-state index in [0.29, 0.717) is 19.8 Å². The van der Waals surface area contributed by atoms with Crippen molar-refractivity contribution < 1.29 is 14.3 Å². The Morgan fingerprint density at radius 2 is 2.05 bits per heavy atom. The summed E-state index contributed by atoms with van der Waals surface area (Å²) < 4.78 is 11.1. The number of aryl methyl sites for hydroxylation is 1. The van der Waals surface area contributed by atoms with Crippen LogP contribution in [0.25, 0.3) is 0 Å². The first-order chi connectivity index (χ1) is 10.6. The van der Waals surface area contributed by atoms with Crippen molar-refractivity contribution in [3.63, 3.8) is 0 Å². The predicted molar refractivity (Wildman–Crippen MR) is 83.8 cm³/mol. The van der Waals surface area contributed by atoms with E-state index in [1.54, 1.807) is 0 Å². The third-order valence-electron chi connectivity index (χ3n) is 4.87. The number of carbonyl (C=O) groups is 1. The Morgan fingerprint density at radius 3 is 2.77 bits per heavy atom. The quantitative estimate of drug-likeness (QED) is 0.890. The number of carbonyl (C=O) groups excluding carboxylic acids is 1. The topological polar surface area (TPSA) is 73.6 Å². The number of amides is 1. The number of benzene rings is 1. The smallest absolute Gasteiger partial charge is 0.237 e. The molecule has 5 nitrogen and oxygen atoms in total. The number of hydrogen-bond acceptors (Lipinski definition) is 4. The normalized spacial score (nSPS) is 22.8. The minimum Gasteiger partial charge on any atom is -0.490 e. The summed E-state index contributed by atoms with van der Waals surface area (Å²) in [5, 5.41) is 3.05. The summed E-state index contributed by atoms with van der Waals surface area (Å²) in [6.45, 7) is 5.98. The summed E-state index contributed by atoms with van der Waals surface area (Å²) >= 11 is 0. The molecule has 1 fully saturated rings. The van der Waals surface area contributed by atoms with Crippen LogP contribution in [-0.4, -0.2) is 31.8 Å². The average molecular weight is 304 g/mol. The van der Waals surface area contributed by atoms with Crippen LogP contribution < -0.4 is 15.8 Å². The first-order valence-corrected chi connectivity index (χ1v) is 7.94. The van der Waals surface area contributed by atoms with E-state index in [0.717, 1.165) is 29.7 Å². The molecular formula is C17H24N2O3. The number of hydrogen-bond donors (Lipinski definition) is 2. The summed E-state index contributed by atoms with van der Waals surface area (Å²) in [6, 6.07) is 3.53. The van der Waals surface area contributed by atoms with Gasteiger partial charge in [0.15, 0.2) is 0 Å². The maximum Gasteiger partial charge on any atom is 0.237 e. The van der Waals surface area contributed by atoms with Crippen molar-refractivity contribution in [1.82, 2.24) is 5.32 Å². The van der Waals surface area contributed by atoms with Crippen molar-refractivity contribution in [3.8, 4) is 5.75 Å². The van der Waals surface area contributed by atoms with Crippen molar-refractivity contribution in [2.75, 3.05) is 19.8 Å². The largest absolute Gasteiger partial charge is 0.490 e. The molecule has 0 saturated carbocycles. The third kappa shape index (κ3) is 2.83. The highest BCUT2D eigenvalue weighted by atomic mass is 16.5. The van der Waals surface area contributed by atoms with Crippen molar-refractivity contribution in [2.24, 2.45) is 11.7 Å². The second kappa shape index (κ2) is 6.26. The number of ether oxygens (including phenoxy) is 2. The Labute approximate surface area is 131 Å². The number of nitrogens with one attached hydrogen (secondary N) is 1. The van der Waals surface area contributed by atoms with Gasteiger partial charge in [-0.3, -0.25) is 4.79 Å². The highest BCUT2D eigenvalue weighted by Crippen LogP contribution is 2.36. The van der Waals surface area contributed by atoms with Crippen molar-refractivity contribution in [2.45, 2.75) is 38.8 Å². The summed E-state index contributed by atoms with van der Waals surface area (Å²) in [6.07, 6.45) is 1.70. The van der Waals surface area contributed by atoms with Gasteiger partial charge in [0.1, 0.15) is 12.4 Å². The molecule has 22 heavy (non-hydrogen) atoms. The molecular weight excluding hydrogens is 280 g/mol. The molecule has 3 rings (SSSR count).